The van der Waals surface area contributed by atoms with E-state index in [1.54, 1.807) is 12.1 Å². The molecule has 4 aromatic rings. The maximum Gasteiger partial charge on any atom is 0.270 e. The number of hydrogen-bond donors (Lipinski definition) is 3. The molecular formula is C28H31N5O2. The fraction of sp³-hybridized carbons (Fsp3) is 0.357. The number of rotatable bonds is 5. The van der Waals surface area contributed by atoms with Crippen LogP contribution in [-0.4, -0.2) is 68.0 Å². The van der Waals surface area contributed by atoms with Crippen molar-refractivity contribution in [1.82, 2.24) is 24.8 Å². The number of hydrogen-bond acceptors (Lipinski definition) is 4. The zero-order valence-corrected chi connectivity index (χ0v) is 19.8. The summed E-state index contributed by atoms with van der Waals surface area (Å²) in [5, 5.41) is 11.9. The maximum absolute atomic E-state index is 13.4. The zero-order valence-electron chi connectivity index (χ0n) is 19.8. The molecule has 1 saturated heterocycles. The molecule has 1 amide bonds. The summed E-state index contributed by atoms with van der Waals surface area (Å²) in [6, 6.07) is 9.37. The number of amides is 1. The number of nitrogens with one attached hydrogen (secondary N) is 2. The number of nitrogens with zero attached hydrogens (tertiary/aromatic N) is 3. The van der Waals surface area contributed by atoms with Crippen LogP contribution in [0, 0.1) is 0 Å². The number of aromatic amines is 2. The Morgan fingerprint density at radius 2 is 2.09 bits per heavy atom. The Balaban J connectivity index is 1.10. The molecule has 180 valence electrons. The Kier molecular flexibility index (Phi) is 5.78. The highest BCUT2D eigenvalue weighted by atomic mass is 16.3. The molecule has 0 bridgehead atoms. The van der Waals surface area contributed by atoms with Crippen molar-refractivity contribution in [1.29, 1.82) is 0 Å². The smallest absolute Gasteiger partial charge is 0.270 e. The van der Waals surface area contributed by atoms with E-state index in [0.29, 0.717) is 5.69 Å². The normalized spacial score (nSPS) is 19.4. The van der Waals surface area contributed by atoms with E-state index < -0.39 is 0 Å². The third-order valence-corrected chi connectivity index (χ3v) is 7.62. The predicted octanol–water partition coefficient (Wildman–Crippen LogP) is 4.92. The van der Waals surface area contributed by atoms with Gasteiger partial charge in [0.2, 0.25) is 0 Å². The van der Waals surface area contributed by atoms with Crippen molar-refractivity contribution in [3.8, 4) is 5.75 Å². The van der Waals surface area contributed by atoms with Crippen LogP contribution in [0.15, 0.2) is 55.0 Å². The van der Waals surface area contributed by atoms with Crippen molar-refractivity contribution in [2.75, 3.05) is 26.2 Å². The van der Waals surface area contributed by atoms with Gasteiger partial charge in [0, 0.05) is 66.5 Å². The summed E-state index contributed by atoms with van der Waals surface area (Å²) in [5.41, 5.74) is 5.26. The highest BCUT2D eigenvalue weighted by Crippen LogP contribution is 2.30. The number of benzene rings is 1. The van der Waals surface area contributed by atoms with Gasteiger partial charge < -0.3 is 20.0 Å². The van der Waals surface area contributed by atoms with Gasteiger partial charge in [-0.05, 0) is 68.0 Å². The second-order valence-electron chi connectivity index (χ2n) is 9.79. The van der Waals surface area contributed by atoms with Gasteiger partial charge in [-0.15, -0.1) is 0 Å². The molecule has 1 unspecified atom stereocenters. The third kappa shape index (κ3) is 4.32. The summed E-state index contributed by atoms with van der Waals surface area (Å²) < 4.78 is 0. The molecule has 7 heteroatoms. The van der Waals surface area contributed by atoms with Crippen LogP contribution < -0.4 is 0 Å². The number of phenols is 1. The Morgan fingerprint density at radius 3 is 2.97 bits per heavy atom. The van der Waals surface area contributed by atoms with E-state index >= 15 is 0 Å². The molecule has 7 nitrogen and oxygen atoms in total. The topological polar surface area (TPSA) is 88.2 Å². The molecule has 1 aromatic carbocycles. The molecule has 35 heavy (non-hydrogen) atoms. The fourth-order valence-corrected chi connectivity index (χ4v) is 5.69. The van der Waals surface area contributed by atoms with E-state index in [0.717, 1.165) is 68.3 Å². The number of pyridine rings is 1. The van der Waals surface area contributed by atoms with Crippen molar-refractivity contribution in [2.24, 2.45) is 0 Å². The molecule has 3 N–H and O–H groups in total. The quantitative estimate of drug-likeness (QED) is 0.387. The summed E-state index contributed by atoms with van der Waals surface area (Å²) in [6.45, 7) is 3.79. The first-order valence-electron chi connectivity index (χ1n) is 12.6. The number of phenolic OH excluding ortho intramolecular Hbond substituents is 1. The predicted molar refractivity (Wildman–Crippen MR) is 138 cm³/mol. The van der Waals surface area contributed by atoms with E-state index in [2.05, 4.69) is 43.1 Å². The molecule has 0 aliphatic carbocycles. The molecule has 6 rings (SSSR count). The van der Waals surface area contributed by atoms with Crippen molar-refractivity contribution in [2.45, 2.75) is 38.1 Å². The van der Waals surface area contributed by atoms with Crippen molar-refractivity contribution >= 4 is 33.3 Å². The van der Waals surface area contributed by atoms with Crippen molar-refractivity contribution < 1.29 is 9.90 Å². The van der Waals surface area contributed by atoms with E-state index in [1.807, 2.05) is 24.5 Å². The summed E-state index contributed by atoms with van der Waals surface area (Å²) in [7, 11) is 0. The van der Waals surface area contributed by atoms with Crippen LogP contribution in [0.1, 0.15) is 48.2 Å². The minimum atomic E-state index is 0.0695. The highest BCUT2D eigenvalue weighted by molar-refractivity contribution is 5.98. The number of piperidine rings is 1. The number of likely N-dealkylation sites (tertiary alicyclic amines) is 1. The maximum atomic E-state index is 13.4. The summed E-state index contributed by atoms with van der Waals surface area (Å²) >= 11 is 0. The third-order valence-electron chi connectivity index (χ3n) is 7.62. The molecule has 0 spiro atoms. The number of carbonyl (C=O) groups is 1. The lowest BCUT2D eigenvalue weighted by molar-refractivity contribution is 0.0580. The minimum absolute atomic E-state index is 0.0695. The zero-order chi connectivity index (χ0) is 23.8. The van der Waals surface area contributed by atoms with E-state index in [4.69, 9.17) is 0 Å². The van der Waals surface area contributed by atoms with Crippen LogP contribution in [-0.2, 0) is 0 Å². The first kappa shape index (κ1) is 21.9. The molecule has 0 radical (unpaired) electrons. The van der Waals surface area contributed by atoms with Gasteiger partial charge in [0.1, 0.15) is 11.4 Å². The van der Waals surface area contributed by atoms with Gasteiger partial charge in [0.05, 0.1) is 11.7 Å². The second-order valence-corrected chi connectivity index (χ2v) is 9.79. The Labute approximate surface area is 204 Å². The molecule has 5 heterocycles. The SMILES string of the molecule is O=C(c1cc2cc(O)ccc2[nH]1)N1CCCCC1CCN1CC=C(c2c[nH]c3cnccc23)CC1. The van der Waals surface area contributed by atoms with Crippen LogP contribution in [0.3, 0.4) is 0 Å². The number of carbonyl (C=O) groups excluding carboxylic acids is 1. The Morgan fingerprint density at radius 1 is 1.14 bits per heavy atom. The van der Waals surface area contributed by atoms with Crippen molar-refractivity contribution in [3.63, 3.8) is 0 Å². The number of aromatic nitrogens is 3. The van der Waals surface area contributed by atoms with Gasteiger partial charge in [-0.1, -0.05) is 6.08 Å². The number of aromatic hydroxyl groups is 1. The molecule has 1 fully saturated rings. The number of H-pyrrole nitrogens is 2. The van der Waals surface area contributed by atoms with Gasteiger partial charge in [0.25, 0.3) is 5.91 Å². The first-order chi connectivity index (χ1) is 17.2. The lowest BCUT2D eigenvalue weighted by atomic mass is 9.97. The average Bonchev–Trinajstić information content (AvgIpc) is 3.52. The summed E-state index contributed by atoms with van der Waals surface area (Å²) in [5.74, 6) is 0.284. The largest absolute Gasteiger partial charge is 0.508 e. The van der Waals surface area contributed by atoms with Crippen LogP contribution >= 0.6 is 0 Å². The second kappa shape index (κ2) is 9.23. The van der Waals surface area contributed by atoms with Crippen molar-refractivity contribution in [3.05, 3.63) is 66.3 Å². The van der Waals surface area contributed by atoms with Gasteiger partial charge in [-0.3, -0.25) is 14.7 Å². The van der Waals surface area contributed by atoms with Gasteiger partial charge in [0.15, 0.2) is 0 Å². The molecule has 3 aromatic heterocycles. The Bertz CT molecular complexity index is 1400. The van der Waals surface area contributed by atoms with Gasteiger partial charge in [-0.25, -0.2) is 0 Å². The number of fused-ring (bicyclic) bond motifs is 2. The lowest BCUT2D eigenvalue weighted by Crippen LogP contribution is -2.45. The van der Waals surface area contributed by atoms with Gasteiger partial charge >= 0.3 is 0 Å². The standard InChI is InChI=1S/C28H31N5O2/c34-22-4-5-25-20(15-22)16-26(31-25)28(35)33-11-2-1-3-21(33)9-14-32-12-7-19(8-13-32)24-17-30-27-18-29-10-6-23(24)27/h4-7,10,15-18,21,30-31,34H,1-3,8-9,11-14H2. The minimum Gasteiger partial charge on any atom is -0.508 e. The molecule has 2 aliphatic rings. The average molecular weight is 470 g/mol. The van der Waals surface area contributed by atoms with Crippen LogP contribution in [0.5, 0.6) is 5.75 Å². The van der Waals surface area contributed by atoms with E-state index in [-0.39, 0.29) is 17.7 Å². The lowest BCUT2D eigenvalue weighted by Gasteiger charge is -2.37. The fourth-order valence-electron chi connectivity index (χ4n) is 5.69. The molecule has 1 atom stereocenters. The molecular weight excluding hydrogens is 438 g/mol. The van der Waals surface area contributed by atoms with Gasteiger partial charge in [-0.2, -0.15) is 0 Å². The van der Waals surface area contributed by atoms with Crippen LogP contribution in [0.4, 0.5) is 0 Å². The first-order valence-corrected chi connectivity index (χ1v) is 12.6. The van der Waals surface area contributed by atoms with E-state index in [1.165, 1.54) is 22.9 Å². The van der Waals surface area contributed by atoms with Crippen LogP contribution in [0.2, 0.25) is 0 Å². The molecule has 0 saturated carbocycles. The van der Waals surface area contributed by atoms with Crippen LogP contribution in [0.25, 0.3) is 27.4 Å². The summed E-state index contributed by atoms with van der Waals surface area (Å²) in [4.78, 5) is 28.8. The summed E-state index contributed by atoms with van der Waals surface area (Å²) in [6.07, 6.45) is 13.5. The Hall–Kier alpha value is -3.58. The molecule has 2 aliphatic heterocycles. The monoisotopic (exact) mass is 469 g/mol. The van der Waals surface area contributed by atoms with E-state index in [9.17, 15) is 9.90 Å². The highest BCUT2D eigenvalue weighted by Gasteiger charge is 2.29.